The van der Waals surface area contributed by atoms with E-state index in [4.69, 9.17) is 4.74 Å². The van der Waals surface area contributed by atoms with Crippen molar-refractivity contribution < 1.29 is 4.74 Å². The summed E-state index contributed by atoms with van der Waals surface area (Å²) < 4.78 is 5.34. The average Bonchev–Trinajstić information content (AvgIpc) is 1.99. The first kappa shape index (κ1) is 11.4. The molecule has 0 aliphatic heterocycles. The Morgan fingerprint density at radius 3 is 2.55 bits per heavy atom. The summed E-state index contributed by atoms with van der Waals surface area (Å²) in [7, 11) is 2.11. The van der Waals surface area contributed by atoms with Crippen LogP contribution in [0.25, 0.3) is 0 Å². The molecule has 0 aromatic carbocycles. The number of halogens is 1. The van der Waals surface area contributed by atoms with E-state index in [9.17, 15) is 0 Å². The van der Waals surface area contributed by atoms with Crippen molar-refractivity contribution in [2.24, 2.45) is 0 Å². The largest absolute Gasteiger partial charge is 0.380 e. The standard InChI is InChI=1S/C8H18BrNO/c1-3-7-11-8-6-10(2)5-4-9/h3-8H2,1-2H3. The first-order chi connectivity index (χ1) is 5.31. The molecule has 0 unspecified atom stereocenters. The zero-order valence-electron chi connectivity index (χ0n) is 7.48. The quantitative estimate of drug-likeness (QED) is 0.482. The van der Waals surface area contributed by atoms with E-state index in [1.807, 2.05) is 0 Å². The van der Waals surface area contributed by atoms with Crippen LogP contribution in [-0.4, -0.2) is 43.6 Å². The predicted molar refractivity (Wildman–Crippen MR) is 52.4 cm³/mol. The molecule has 0 aromatic rings. The zero-order chi connectivity index (χ0) is 8.53. The second-order valence-corrected chi connectivity index (χ2v) is 3.40. The minimum Gasteiger partial charge on any atom is -0.380 e. The van der Waals surface area contributed by atoms with Crippen molar-refractivity contribution in [2.45, 2.75) is 13.3 Å². The summed E-state index contributed by atoms with van der Waals surface area (Å²) in [5.74, 6) is 0. The smallest absolute Gasteiger partial charge is 0.0593 e. The fourth-order valence-electron chi connectivity index (χ4n) is 0.723. The molecular weight excluding hydrogens is 206 g/mol. The Hall–Kier alpha value is 0.400. The third kappa shape index (κ3) is 8.30. The Kier molecular flexibility index (Phi) is 8.81. The molecule has 2 nitrogen and oxygen atoms in total. The van der Waals surface area contributed by atoms with Gasteiger partial charge in [0, 0.05) is 25.0 Å². The van der Waals surface area contributed by atoms with Crippen molar-refractivity contribution in [3.05, 3.63) is 0 Å². The Labute approximate surface area is 78.0 Å². The van der Waals surface area contributed by atoms with Crippen LogP contribution >= 0.6 is 15.9 Å². The van der Waals surface area contributed by atoms with Crippen LogP contribution in [0.3, 0.4) is 0 Å². The van der Waals surface area contributed by atoms with E-state index in [2.05, 4.69) is 34.8 Å². The molecule has 11 heavy (non-hydrogen) atoms. The summed E-state index contributed by atoms with van der Waals surface area (Å²) in [5.41, 5.74) is 0. The van der Waals surface area contributed by atoms with Gasteiger partial charge in [-0.2, -0.15) is 0 Å². The number of hydrogen-bond donors (Lipinski definition) is 0. The lowest BCUT2D eigenvalue weighted by molar-refractivity contribution is 0.114. The molecule has 0 fully saturated rings. The first-order valence-electron chi connectivity index (χ1n) is 4.13. The lowest BCUT2D eigenvalue weighted by Gasteiger charge is -2.14. The third-order valence-electron chi connectivity index (χ3n) is 1.43. The fourth-order valence-corrected chi connectivity index (χ4v) is 1.33. The van der Waals surface area contributed by atoms with Gasteiger partial charge >= 0.3 is 0 Å². The van der Waals surface area contributed by atoms with Gasteiger partial charge in [-0.1, -0.05) is 22.9 Å². The average molecular weight is 224 g/mol. The van der Waals surface area contributed by atoms with E-state index in [0.29, 0.717) is 0 Å². The number of likely N-dealkylation sites (N-methyl/N-ethyl adjacent to an activating group) is 1. The minimum absolute atomic E-state index is 0.858. The molecule has 0 amide bonds. The maximum absolute atomic E-state index is 5.34. The molecule has 0 saturated heterocycles. The van der Waals surface area contributed by atoms with Gasteiger partial charge in [0.25, 0.3) is 0 Å². The monoisotopic (exact) mass is 223 g/mol. The highest BCUT2D eigenvalue weighted by Gasteiger charge is 1.94. The Bertz CT molecular complexity index is 80.5. The molecule has 0 spiro atoms. The minimum atomic E-state index is 0.858. The van der Waals surface area contributed by atoms with Gasteiger partial charge in [-0.15, -0.1) is 0 Å². The van der Waals surface area contributed by atoms with Crippen molar-refractivity contribution >= 4 is 15.9 Å². The Morgan fingerprint density at radius 2 is 2.00 bits per heavy atom. The molecule has 0 radical (unpaired) electrons. The van der Waals surface area contributed by atoms with Gasteiger partial charge in [-0.05, 0) is 13.5 Å². The van der Waals surface area contributed by atoms with Crippen molar-refractivity contribution in [3.63, 3.8) is 0 Å². The van der Waals surface area contributed by atoms with Gasteiger partial charge in [0.15, 0.2) is 0 Å². The number of hydrogen-bond acceptors (Lipinski definition) is 2. The number of ether oxygens (including phenoxy) is 1. The van der Waals surface area contributed by atoms with Crippen molar-refractivity contribution in [2.75, 3.05) is 38.7 Å². The summed E-state index contributed by atoms with van der Waals surface area (Å²) in [6, 6.07) is 0. The van der Waals surface area contributed by atoms with Crippen LogP contribution in [0.1, 0.15) is 13.3 Å². The second-order valence-electron chi connectivity index (χ2n) is 2.60. The molecule has 0 N–H and O–H groups in total. The van der Waals surface area contributed by atoms with E-state index in [1.165, 1.54) is 0 Å². The molecule has 0 aliphatic rings. The van der Waals surface area contributed by atoms with Gasteiger partial charge in [-0.3, -0.25) is 0 Å². The van der Waals surface area contributed by atoms with E-state index in [-0.39, 0.29) is 0 Å². The van der Waals surface area contributed by atoms with E-state index >= 15 is 0 Å². The van der Waals surface area contributed by atoms with E-state index in [1.54, 1.807) is 0 Å². The van der Waals surface area contributed by atoms with Gasteiger partial charge in [0.05, 0.1) is 6.61 Å². The Balaban J connectivity index is 2.97. The summed E-state index contributed by atoms with van der Waals surface area (Å²) in [6.07, 6.45) is 1.11. The number of nitrogens with zero attached hydrogens (tertiary/aromatic N) is 1. The molecule has 0 aromatic heterocycles. The summed E-state index contributed by atoms with van der Waals surface area (Å²) in [6.45, 7) is 6.00. The molecule has 0 atom stereocenters. The summed E-state index contributed by atoms with van der Waals surface area (Å²) in [4.78, 5) is 2.25. The molecule has 68 valence electrons. The number of rotatable bonds is 7. The fraction of sp³-hybridized carbons (Fsp3) is 1.00. The van der Waals surface area contributed by atoms with Crippen LogP contribution in [0.2, 0.25) is 0 Å². The second kappa shape index (κ2) is 8.50. The molecule has 0 bridgehead atoms. The highest BCUT2D eigenvalue weighted by atomic mass is 79.9. The Morgan fingerprint density at radius 1 is 1.27 bits per heavy atom. The normalized spacial score (nSPS) is 10.9. The molecule has 0 rings (SSSR count). The topological polar surface area (TPSA) is 12.5 Å². The van der Waals surface area contributed by atoms with Crippen LogP contribution in [-0.2, 0) is 4.74 Å². The van der Waals surface area contributed by atoms with Crippen molar-refractivity contribution in [3.8, 4) is 0 Å². The molecule has 0 aliphatic carbocycles. The SMILES string of the molecule is CCCOCCN(C)CCBr. The van der Waals surface area contributed by atoms with Crippen LogP contribution in [0.5, 0.6) is 0 Å². The van der Waals surface area contributed by atoms with Gasteiger partial charge in [0.1, 0.15) is 0 Å². The highest BCUT2D eigenvalue weighted by molar-refractivity contribution is 9.09. The van der Waals surface area contributed by atoms with Gasteiger partial charge in [-0.25, -0.2) is 0 Å². The molecule has 3 heteroatoms. The first-order valence-corrected chi connectivity index (χ1v) is 5.25. The van der Waals surface area contributed by atoms with Crippen molar-refractivity contribution in [1.29, 1.82) is 0 Å². The molecular formula is C8H18BrNO. The van der Waals surface area contributed by atoms with Gasteiger partial charge in [0.2, 0.25) is 0 Å². The van der Waals surface area contributed by atoms with Crippen LogP contribution in [0.15, 0.2) is 0 Å². The predicted octanol–water partition coefficient (Wildman–Crippen LogP) is 1.74. The zero-order valence-corrected chi connectivity index (χ0v) is 9.06. The molecule has 0 saturated carbocycles. The molecule has 0 heterocycles. The van der Waals surface area contributed by atoms with E-state index < -0.39 is 0 Å². The maximum Gasteiger partial charge on any atom is 0.0593 e. The van der Waals surface area contributed by atoms with Crippen LogP contribution in [0.4, 0.5) is 0 Å². The van der Waals surface area contributed by atoms with E-state index in [0.717, 1.165) is 38.1 Å². The summed E-state index contributed by atoms with van der Waals surface area (Å²) in [5, 5.41) is 1.04. The lowest BCUT2D eigenvalue weighted by atomic mass is 10.5. The number of alkyl halides is 1. The third-order valence-corrected chi connectivity index (χ3v) is 1.79. The highest BCUT2D eigenvalue weighted by Crippen LogP contribution is 1.87. The van der Waals surface area contributed by atoms with Crippen LogP contribution < -0.4 is 0 Å². The maximum atomic E-state index is 5.34. The van der Waals surface area contributed by atoms with Gasteiger partial charge < -0.3 is 9.64 Å². The lowest BCUT2D eigenvalue weighted by Crippen LogP contribution is -2.25. The van der Waals surface area contributed by atoms with Crippen molar-refractivity contribution in [1.82, 2.24) is 4.90 Å². The van der Waals surface area contributed by atoms with Crippen LogP contribution in [0, 0.1) is 0 Å². The summed E-state index contributed by atoms with van der Waals surface area (Å²) >= 11 is 3.39.